The number of pyridine rings is 1. The van der Waals surface area contributed by atoms with E-state index in [2.05, 4.69) is 10.1 Å². The number of nitrogens with zero attached hydrogens (tertiary/aromatic N) is 5. The third-order valence-corrected chi connectivity index (χ3v) is 4.28. The van der Waals surface area contributed by atoms with Gasteiger partial charge in [-0.15, -0.1) is 5.10 Å². The summed E-state index contributed by atoms with van der Waals surface area (Å²) in [6.45, 7) is 0.687. The van der Waals surface area contributed by atoms with Crippen LogP contribution in [-0.4, -0.2) is 43.2 Å². The molecule has 7 nitrogen and oxygen atoms in total. The summed E-state index contributed by atoms with van der Waals surface area (Å²) in [6.07, 6.45) is -0.911. The number of likely N-dealkylation sites (tertiary alicyclic amines) is 1. The molecule has 2 aromatic rings. The molecule has 1 aliphatic rings. The predicted octanol–water partition coefficient (Wildman–Crippen LogP) is 1.47. The third-order valence-electron chi connectivity index (χ3n) is 4.28. The number of carbonyl (C=O) groups is 1. The minimum atomic E-state index is -4.68. The number of alkyl halides is 3. The topological polar surface area (TPSA) is 73.0 Å². The summed E-state index contributed by atoms with van der Waals surface area (Å²) in [5.74, 6) is -1.38. The van der Waals surface area contributed by atoms with Crippen LogP contribution in [0.25, 0.3) is 0 Å². The Hall–Kier alpha value is -2.65. The normalized spacial score (nSPS) is 16.2. The highest BCUT2D eigenvalue weighted by molar-refractivity contribution is 5.94. The number of halogens is 3. The molecule has 0 spiro atoms. The first-order chi connectivity index (χ1) is 11.8. The first-order valence-corrected chi connectivity index (χ1v) is 7.71. The van der Waals surface area contributed by atoms with Crippen molar-refractivity contribution in [3.05, 3.63) is 46.4 Å². The number of amides is 1. The zero-order valence-corrected chi connectivity index (χ0v) is 13.4. The maximum Gasteiger partial charge on any atom is 0.451 e. The minimum Gasteiger partial charge on any atom is -0.338 e. The molecule has 1 saturated heterocycles. The lowest BCUT2D eigenvalue weighted by molar-refractivity contribution is -0.147. The van der Waals surface area contributed by atoms with Gasteiger partial charge >= 0.3 is 11.9 Å². The second kappa shape index (κ2) is 6.34. The second-order valence-corrected chi connectivity index (χ2v) is 5.87. The minimum absolute atomic E-state index is 0.162. The lowest BCUT2D eigenvalue weighted by Gasteiger charge is -2.31. The highest BCUT2D eigenvalue weighted by atomic mass is 19.4. The van der Waals surface area contributed by atoms with Gasteiger partial charge in [-0.25, -0.2) is 9.48 Å². The molecule has 0 atom stereocenters. The Balaban J connectivity index is 1.73. The van der Waals surface area contributed by atoms with Crippen molar-refractivity contribution >= 4 is 5.91 Å². The van der Waals surface area contributed by atoms with Crippen LogP contribution in [0.4, 0.5) is 13.2 Å². The fraction of sp³-hybridized carbons (Fsp3) is 0.467. The van der Waals surface area contributed by atoms with Gasteiger partial charge in [-0.1, -0.05) is 0 Å². The zero-order chi connectivity index (χ0) is 18.2. The molecule has 134 valence electrons. The fourth-order valence-corrected chi connectivity index (χ4v) is 2.93. The van der Waals surface area contributed by atoms with Gasteiger partial charge in [0.2, 0.25) is 5.82 Å². The highest BCUT2D eigenvalue weighted by Crippen LogP contribution is 2.28. The van der Waals surface area contributed by atoms with Crippen LogP contribution in [0.5, 0.6) is 0 Å². The van der Waals surface area contributed by atoms with Crippen LogP contribution in [0, 0.1) is 0 Å². The number of rotatable bonds is 2. The van der Waals surface area contributed by atoms with Gasteiger partial charge in [0.25, 0.3) is 5.91 Å². The largest absolute Gasteiger partial charge is 0.451 e. The van der Waals surface area contributed by atoms with E-state index in [1.807, 2.05) is 0 Å². The molecule has 0 N–H and O–H groups in total. The monoisotopic (exact) mass is 355 g/mol. The molecule has 3 rings (SSSR count). The third kappa shape index (κ3) is 3.28. The van der Waals surface area contributed by atoms with Crippen LogP contribution in [0.15, 0.2) is 29.3 Å². The number of carbonyl (C=O) groups excluding carboxylic acids is 1. The molecular weight excluding hydrogens is 339 g/mol. The molecule has 2 aromatic heterocycles. The van der Waals surface area contributed by atoms with Crippen molar-refractivity contribution in [3.63, 3.8) is 0 Å². The van der Waals surface area contributed by atoms with Crippen LogP contribution < -0.4 is 5.69 Å². The van der Waals surface area contributed by atoms with Gasteiger partial charge < -0.3 is 4.90 Å². The average Bonchev–Trinajstić information content (AvgIpc) is 2.91. The van der Waals surface area contributed by atoms with E-state index in [4.69, 9.17) is 0 Å². The van der Waals surface area contributed by atoms with E-state index in [1.165, 1.54) is 12.4 Å². The van der Waals surface area contributed by atoms with Crippen molar-refractivity contribution in [2.75, 3.05) is 13.1 Å². The maximum absolute atomic E-state index is 12.9. The van der Waals surface area contributed by atoms with Crippen LogP contribution in [-0.2, 0) is 13.2 Å². The summed E-state index contributed by atoms with van der Waals surface area (Å²) in [7, 11) is 1.05. The second-order valence-electron chi connectivity index (χ2n) is 5.87. The van der Waals surface area contributed by atoms with Crippen LogP contribution in [0.1, 0.15) is 35.1 Å². The van der Waals surface area contributed by atoms with Gasteiger partial charge in [0, 0.05) is 38.1 Å². The molecule has 1 amide bonds. The smallest absolute Gasteiger partial charge is 0.338 e. The summed E-state index contributed by atoms with van der Waals surface area (Å²) in [4.78, 5) is 29.9. The molecule has 1 aliphatic heterocycles. The highest BCUT2D eigenvalue weighted by Gasteiger charge is 2.39. The van der Waals surface area contributed by atoms with Crippen molar-refractivity contribution in [1.82, 2.24) is 24.2 Å². The Labute approximate surface area is 140 Å². The Morgan fingerprint density at radius 3 is 2.32 bits per heavy atom. The lowest BCUT2D eigenvalue weighted by atomic mass is 10.0. The van der Waals surface area contributed by atoms with E-state index in [0.717, 1.165) is 11.7 Å². The SMILES string of the molecule is Cn1c(C(F)(F)F)nn(C2CCN(C(=O)c3ccncc3)CC2)c1=O. The Morgan fingerprint density at radius 2 is 1.80 bits per heavy atom. The van der Waals surface area contributed by atoms with E-state index in [0.29, 0.717) is 36.1 Å². The van der Waals surface area contributed by atoms with Crippen molar-refractivity contribution in [2.45, 2.75) is 25.1 Å². The Bertz CT molecular complexity index is 820. The van der Waals surface area contributed by atoms with Gasteiger partial charge in [0.1, 0.15) is 0 Å². The van der Waals surface area contributed by atoms with E-state index in [-0.39, 0.29) is 5.91 Å². The summed E-state index contributed by atoms with van der Waals surface area (Å²) in [6, 6.07) is 2.75. The first-order valence-electron chi connectivity index (χ1n) is 7.71. The fourth-order valence-electron chi connectivity index (χ4n) is 2.93. The van der Waals surface area contributed by atoms with Crippen molar-refractivity contribution in [3.8, 4) is 0 Å². The van der Waals surface area contributed by atoms with Gasteiger partial charge in [-0.3, -0.25) is 14.3 Å². The van der Waals surface area contributed by atoms with Crippen molar-refractivity contribution in [2.24, 2.45) is 7.05 Å². The van der Waals surface area contributed by atoms with E-state index in [9.17, 15) is 22.8 Å². The number of hydrogen-bond acceptors (Lipinski definition) is 4. The predicted molar refractivity (Wildman–Crippen MR) is 80.9 cm³/mol. The van der Waals surface area contributed by atoms with Gasteiger partial charge in [0.05, 0.1) is 6.04 Å². The molecule has 25 heavy (non-hydrogen) atoms. The molecule has 10 heteroatoms. The maximum atomic E-state index is 12.9. The molecule has 0 saturated carbocycles. The summed E-state index contributed by atoms with van der Waals surface area (Å²) in [5, 5.41) is 3.46. The molecule has 1 fully saturated rings. The molecule has 0 unspecified atom stereocenters. The van der Waals surface area contributed by atoms with Crippen LogP contribution in [0.3, 0.4) is 0 Å². The zero-order valence-electron chi connectivity index (χ0n) is 13.4. The standard InChI is InChI=1S/C15H16F3N5O2/c1-21-13(15(16,17)18)20-23(14(21)25)11-4-8-22(9-5-11)12(24)10-2-6-19-7-3-10/h2-3,6-7,11H,4-5,8-9H2,1H3. The van der Waals surface area contributed by atoms with Gasteiger partial charge in [-0.2, -0.15) is 13.2 Å². The summed E-state index contributed by atoms with van der Waals surface area (Å²) in [5.41, 5.74) is -0.297. The molecule has 0 aliphatic carbocycles. The molecule has 0 aromatic carbocycles. The lowest BCUT2D eigenvalue weighted by Crippen LogP contribution is -2.41. The molecule has 0 radical (unpaired) electrons. The first kappa shape index (κ1) is 17.2. The molecule has 0 bridgehead atoms. The quantitative estimate of drug-likeness (QED) is 0.818. The Morgan fingerprint density at radius 1 is 1.20 bits per heavy atom. The van der Waals surface area contributed by atoms with E-state index in [1.54, 1.807) is 17.0 Å². The Kier molecular flexibility index (Phi) is 4.36. The number of hydrogen-bond donors (Lipinski definition) is 0. The summed E-state index contributed by atoms with van der Waals surface area (Å²) < 4.78 is 40.0. The number of piperidine rings is 1. The summed E-state index contributed by atoms with van der Waals surface area (Å²) >= 11 is 0. The van der Waals surface area contributed by atoms with Crippen molar-refractivity contribution < 1.29 is 18.0 Å². The molecule has 3 heterocycles. The van der Waals surface area contributed by atoms with Gasteiger partial charge in [0.15, 0.2) is 0 Å². The number of aromatic nitrogens is 4. The van der Waals surface area contributed by atoms with E-state index >= 15 is 0 Å². The van der Waals surface area contributed by atoms with Crippen molar-refractivity contribution in [1.29, 1.82) is 0 Å². The van der Waals surface area contributed by atoms with Crippen LogP contribution >= 0.6 is 0 Å². The average molecular weight is 355 g/mol. The molecular formula is C15H16F3N5O2. The van der Waals surface area contributed by atoms with E-state index < -0.39 is 23.7 Å². The van der Waals surface area contributed by atoms with Crippen LogP contribution in [0.2, 0.25) is 0 Å². The van der Waals surface area contributed by atoms with Gasteiger partial charge in [-0.05, 0) is 25.0 Å².